The van der Waals surface area contributed by atoms with Crippen molar-refractivity contribution in [2.75, 3.05) is 18.0 Å². The Bertz CT molecular complexity index is 303. The molecule has 1 aromatic rings. The highest BCUT2D eigenvalue weighted by molar-refractivity contribution is 9.10. The average molecular weight is 257 g/mol. The molecular formula is C9H13BrN4. The van der Waals surface area contributed by atoms with Crippen LogP contribution in [0.1, 0.15) is 6.92 Å². The van der Waals surface area contributed by atoms with Gasteiger partial charge in [-0.3, -0.25) is 0 Å². The zero-order chi connectivity index (χ0) is 10.1. The average Bonchev–Trinajstić information content (AvgIpc) is 2.48. The summed E-state index contributed by atoms with van der Waals surface area (Å²) in [5.74, 6) is 1.29. The van der Waals surface area contributed by atoms with Crippen molar-refractivity contribution in [2.45, 2.75) is 13.0 Å². The summed E-state index contributed by atoms with van der Waals surface area (Å²) < 4.78 is 0.901. The second-order valence-corrected chi connectivity index (χ2v) is 4.66. The third kappa shape index (κ3) is 1.88. The number of anilines is 1. The number of nitrogens with zero attached hydrogens (tertiary/aromatic N) is 3. The van der Waals surface area contributed by atoms with Crippen LogP contribution in [0.5, 0.6) is 0 Å². The number of nitrogens with two attached hydrogens (primary N) is 1. The lowest BCUT2D eigenvalue weighted by Crippen LogP contribution is -2.29. The second kappa shape index (κ2) is 3.82. The maximum absolute atomic E-state index is 5.93. The van der Waals surface area contributed by atoms with Crippen molar-refractivity contribution in [1.82, 2.24) is 9.97 Å². The van der Waals surface area contributed by atoms with Crippen molar-refractivity contribution in [3.8, 4) is 0 Å². The first-order valence-electron chi connectivity index (χ1n) is 4.65. The van der Waals surface area contributed by atoms with Gasteiger partial charge in [0, 0.05) is 31.5 Å². The molecule has 4 nitrogen and oxygen atoms in total. The molecule has 2 rings (SSSR count). The van der Waals surface area contributed by atoms with Gasteiger partial charge in [-0.05, 0) is 21.8 Å². The van der Waals surface area contributed by atoms with E-state index in [1.54, 1.807) is 12.4 Å². The Morgan fingerprint density at radius 2 is 2.07 bits per heavy atom. The summed E-state index contributed by atoms with van der Waals surface area (Å²) in [5, 5.41) is 0. The molecule has 1 aliphatic rings. The zero-order valence-corrected chi connectivity index (χ0v) is 9.61. The molecule has 1 fully saturated rings. The monoisotopic (exact) mass is 256 g/mol. The molecule has 1 aromatic heterocycles. The fourth-order valence-electron chi connectivity index (χ4n) is 1.62. The van der Waals surface area contributed by atoms with Crippen LogP contribution in [-0.2, 0) is 0 Å². The minimum atomic E-state index is 0.238. The van der Waals surface area contributed by atoms with E-state index >= 15 is 0 Å². The van der Waals surface area contributed by atoms with E-state index in [9.17, 15) is 0 Å². The normalized spacial score (nSPS) is 26.9. The summed E-state index contributed by atoms with van der Waals surface area (Å²) in [6.07, 6.45) is 3.52. The van der Waals surface area contributed by atoms with Gasteiger partial charge in [0.25, 0.3) is 0 Å². The van der Waals surface area contributed by atoms with E-state index in [2.05, 4.69) is 37.7 Å². The molecule has 0 amide bonds. The zero-order valence-electron chi connectivity index (χ0n) is 8.02. The van der Waals surface area contributed by atoms with Gasteiger partial charge < -0.3 is 10.6 Å². The number of rotatable bonds is 1. The van der Waals surface area contributed by atoms with Gasteiger partial charge >= 0.3 is 0 Å². The molecule has 0 saturated carbocycles. The van der Waals surface area contributed by atoms with Gasteiger partial charge in [-0.15, -0.1) is 0 Å². The fraction of sp³-hybridized carbons (Fsp3) is 0.556. The molecule has 0 spiro atoms. The summed E-state index contributed by atoms with van der Waals surface area (Å²) in [4.78, 5) is 10.6. The van der Waals surface area contributed by atoms with Crippen LogP contribution < -0.4 is 10.6 Å². The van der Waals surface area contributed by atoms with Gasteiger partial charge in [0.2, 0.25) is 5.95 Å². The highest BCUT2D eigenvalue weighted by atomic mass is 79.9. The lowest BCUT2D eigenvalue weighted by atomic mass is 10.1. The molecule has 1 aliphatic heterocycles. The first-order valence-corrected chi connectivity index (χ1v) is 5.44. The third-order valence-electron chi connectivity index (χ3n) is 2.56. The standard InChI is InChI=1S/C9H13BrN4/c1-6-4-14(5-8(6)11)9-12-2-7(10)3-13-9/h2-3,6,8H,4-5,11H2,1H3. The summed E-state index contributed by atoms with van der Waals surface area (Å²) in [6, 6.07) is 0.238. The van der Waals surface area contributed by atoms with Crippen LogP contribution in [0, 0.1) is 5.92 Å². The number of halogens is 1. The number of aromatic nitrogens is 2. The van der Waals surface area contributed by atoms with Gasteiger partial charge in [0.15, 0.2) is 0 Å². The second-order valence-electron chi connectivity index (χ2n) is 3.75. The van der Waals surface area contributed by atoms with E-state index in [-0.39, 0.29) is 6.04 Å². The molecule has 76 valence electrons. The third-order valence-corrected chi connectivity index (χ3v) is 2.97. The van der Waals surface area contributed by atoms with E-state index in [4.69, 9.17) is 5.73 Å². The predicted molar refractivity (Wildman–Crippen MR) is 59.1 cm³/mol. The Kier molecular flexibility index (Phi) is 2.69. The Hall–Kier alpha value is -0.680. The van der Waals surface area contributed by atoms with E-state index < -0.39 is 0 Å². The Labute approximate surface area is 91.7 Å². The van der Waals surface area contributed by atoms with Crippen LogP contribution >= 0.6 is 15.9 Å². The molecule has 0 aromatic carbocycles. The minimum absolute atomic E-state index is 0.238. The Balaban J connectivity index is 2.13. The highest BCUT2D eigenvalue weighted by Crippen LogP contribution is 2.19. The summed E-state index contributed by atoms with van der Waals surface area (Å²) in [7, 11) is 0. The van der Waals surface area contributed by atoms with Crippen LogP contribution in [0.4, 0.5) is 5.95 Å². The molecule has 0 radical (unpaired) electrons. The van der Waals surface area contributed by atoms with E-state index in [0.717, 1.165) is 23.5 Å². The molecule has 0 bridgehead atoms. The van der Waals surface area contributed by atoms with Crippen LogP contribution in [-0.4, -0.2) is 29.1 Å². The van der Waals surface area contributed by atoms with Crippen molar-refractivity contribution in [2.24, 2.45) is 11.7 Å². The largest absolute Gasteiger partial charge is 0.339 e. The summed E-state index contributed by atoms with van der Waals surface area (Å²) >= 11 is 3.31. The first kappa shape index (κ1) is 9.86. The topological polar surface area (TPSA) is 55.0 Å². The number of hydrogen-bond donors (Lipinski definition) is 1. The molecule has 2 unspecified atom stereocenters. The Morgan fingerprint density at radius 1 is 1.43 bits per heavy atom. The summed E-state index contributed by atoms with van der Waals surface area (Å²) in [5.41, 5.74) is 5.93. The summed E-state index contributed by atoms with van der Waals surface area (Å²) in [6.45, 7) is 3.95. The smallest absolute Gasteiger partial charge is 0.225 e. The lowest BCUT2D eigenvalue weighted by molar-refractivity contribution is 0.565. The maximum atomic E-state index is 5.93. The van der Waals surface area contributed by atoms with Crippen LogP contribution in [0.2, 0.25) is 0 Å². The molecule has 14 heavy (non-hydrogen) atoms. The van der Waals surface area contributed by atoms with Gasteiger partial charge in [-0.2, -0.15) is 0 Å². The van der Waals surface area contributed by atoms with Gasteiger partial charge in [0.05, 0.1) is 4.47 Å². The predicted octanol–water partition coefficient (Wildman–Crippen LogP) is 1.02. The van der Waals surface area contributed by atoms with Crippen molar-refractivity contribution in [3.63, 3.8) is 0 Å². The molecular weight excluding hydrogens is 244 g/mol. The molecule has 2 heterocycles. The van der Waals surface area contributed by atoms with Gasteiger partial charge in [-0.1, -0.05) is 6.92 Å². The lowest BCUT2D eigenvalue weighted by Gasteiger charge is -2.14. The molecule has 2 atom stereocenters. The van der Waals surface area contributed by atoms with Crippen LogP contribution in [0.25, 0.3) is 0 Å². The van der Waals surface area contributed by atoms with Gasteiger partial charge in [-0.25, -0.2) is 9.97 Å². The fourth-order valence-corrected chi connectivity index (χ4v) is 1.83. The van der Waals surface area contributed by atoms with Crippen LogP contribution in [0.3, 0.4) is 0 Å². The van der Waals surface area contributed by atoms with Gasteiger partial charge in [0.1, 0.15) is 0 Å². The maximum Gasteiger partial charge on any atom is 0.225 e. The molecule has 5 heteroatoms. The number of hydrogen-bond acceptors (Lipinski definition) is 4. The van der Waals surface area contributed by atoms with Crippen molar-refractivity contribution in [3.05, 3.63) is 16.9 Å². The van der Waals surface area contributed by atoms with E-state index in [1.807, 2.05) is 0 Å². The van der Waals surface area contributed by atoms with Crippen LogP contribution in [0.15, 0.2) is 16.9 Å². The molecule has 2 N–H and O–H groups in total. The molecule has 0 aliphatic carbocycles. The minimum Gasteiger partial charge on any atom is -0.339 e. The van der Waals surface area contributed by atoms with Crippen molar-refractivity contribution in [1.29, 1.82) is 0 Å². The Morgan fingerprint density at radius 3 is 2.57 bits per heavy atom. The first-order chi connectivity index (χ1) is 6.66. The SMILES string of the molecule is CC1CN(c2ncc(Br)cn2)CC1N. The van der Waals surface area contributed by atoms with Crippen molar-refractivity contribution < 1.29 is 0 Å². The van der Waals surface area contributed by atoms with E-state index in [1.165, 1.54) is 0 Å². The highest BCUT2D eigenvalue weighted by Gasteiger charge is 2.27. The molecule has 1 saturated heterocycles. The van der Waals surface area contributed by atoms with Crippen molar-refractivity contribution >= 4 is 21.9 Å². The quantitative estimate of drug-likeness (QED) is 0.816. The van der Waals surface area contributed by atoms with E-state index in [0.29, 0.717) is 5.92 Å².